The Bertz CT molecular complexity index is 551. The Kier molecular flexibility index (Phi) is 3.22. The Labute approximate surface area is 110 Å². The maximum Gasteiger partial charge on any atom is 0.299 e. The molecule has 0 aliphatic carbocycles. The second-order valence-corrected chi connectivity index (χ2v) is 4.94. The van der Waals surface area contributed by atoms with Crippen molar-refractivity contribution < 1.29 is 14.4 Å². The van der Waals surface area contributed by atoms with Gasteiger partial charge >= 0.3 is 0 Å². The van der Waals surface area contributed by atoms with E-state index in [-0.39, 0.29) is 23.8 Å². The lowest BCUT2D eigenvalue weighted by atomic mass is 10.1. The minimum atomic E-state index is -0.665. The average Bonchev–Trinajstić information content (AvgIpc) is 2.54. The van der Waals surface area contributed by atoms with E-state index in [9.17, 15) is 14.4 Å². The number of ketones is 2. The van der Waals surface area contributed by atoms with Crippen LogP contribution in [0.1, 0.15) is 24.2 Å². The third-order valence-corrected chi connectivity index (χ3v) is 3.13. The molecule has 4 nitrogen and oxygen atoms in total. The highest BCUT2D eigenvalue weighted by Crippen LogP contribution is 2.31. The number of carbonyl (C=O) groups is 3. The van der Waals surface area contributed by atoms with Crippen molar-refractivity contribution in [2.75, 3.05) is 11.4 Å². The predicted octanol–water partition coefficient (Wildman–Crippen LogP) is 2.09. The van der Waals surface area contributed by atoms with Gasteiger partial charge in [-0.3, -0.25) is 19.3 Å². The van der Waals surface area contributed by atoms with Gasteiger partial charge in [-0.25, -0.2) is 0 Å². The fourth-order valence-corrected chi connectivity index (χ4v) is 1.94. The second-order valence-electron chi connectivity index (χ2n) is 4.50. The van der Waals surface area contributed by atoms with E-state index in [1.165, 1.54) is 11.0 Å². The third-order valence-electron chi connectivity index (χ3n) is 2.89. The Balaban J connectivity index is 2.37. The van der Waals surface area contributed by atoms with E-state index >= 15 is 0 Å². The molecule has 0 saturated heterocycles. The predicted molar refractivity (Wildman–Crippen MR) is 68.0 cm³/mol. The van der Waals surface area contributed by atoms with Crippen LogP contribution in [0.2, 0.25) is 5.02 Å². The summed E-state index contributed by atoms with van der Waals surface area (Å²) in [5.41, 5.74) is 0.729. The molecule has 0 saturated carbocycles. The van der Waals surface area contributed by atoms with E-state index in [2.05, 4.69) is 0 Å². The van der Waals surface area contributed by atoms with Crippen LogP contribution in [0.25, 0.3) is 0 Å². The van der Waals surface area contributed by atoms with Gasteiger partial charge in [-0.05, 0) is 18.2 Å². The van der Waals surface area contributed by atoms with Gasteiger partial charge in [-0.1, -0.05) is 25.4 Å². The molecule has 94 valence electrons. The van der Waals surface area contributed by atoms with Gasteiger partial charge in [0, 0.05) is 10.9 Å². The molecule has 0 N–H and O–H groups in total. The van der Waals surface area contributed by atoms with Crippen LogP contribution in [-0.2, 0) is 9.59 Å². The molecule has 0 bridgehead atoms. The van der Waals surface area contributed by atoms with Crippen molar-refractivity contribution in [1.29, 1.82) is 0 Å². The summed E-state index contributed by atoms with van der Waals surface area (Å²) in [6, 6.07) is 4.64. The van der Waals surface area contributed by atoms with Crippen LogP contribution >= 0.6 is 11.6 Å². The summed E-state index contributed by atoms with van der Waals surface area (Å²) in [5.74, 6) is -1.53. The van der Waals surface area contributed by atoms with Crippen molar-refractivity contribution in [2.45, 2.75) is 13.8 Å². The van der Waals surface area contributed by atoms with Gasteiger partial charge in [0.1, 0.15) is 0 Å². The maximum atomic E-state index is 11.8. The van der Waals surface area contributed by atoms with E-state index in [1.807, 2.05) is 0 Å². The maximum absolute atomic E-state index is 11.8. The minimum Gasteiger partial charge on any atom is -0.297 e. The van der Waals surface area contributed by atoms with Crippen LogP contribution < -0.4 is 4.90 Å². The Morgan fingerprint density at radius 1 is 1.33 bits per heavy atom. The number of benzene rings is 1. The van der Waals surface area contributed by atoms with Crippen LogP contribution in [0.5, 0.6) is 0 Å². The molecule has 1 aromatic carbocycles. The SMILES string of the molecule is CC(C)C(=O)CN1C(=O)C(=O)c2cc(Cl)ccc21. The molecular weight excluding hydrogens is 254 g/mol. The largest absolute Gasteiger partial charge is 0.299 e. The van der Waals surface area contributed by atoms with Gasteiger partial charge in [-0.15, -0.1) is 0 Å². The number of halogens is 1. The molecule has 0 radical (unpaired) electrons. The van der Waals surface area contributed by atoms with Crippen LogP contribution in [0.4, 0.5) is 5.69 Å². The molecule has 1 aliphatic rings. The van der Waals surface area contributed by atoms with Crippen LogP contribution in [0, 0.1) is 5.92 Å². The van der Waals surface area contributed by atoms with E-state index in [0.29, 0.717) is 10.7 Å². The monoisotopic (exact) mass is 265 g/mol. The van der Waals surface area contributed by atoms with Crippen molar-refractivity contribution in [1.82, 2.24) is 0 Å². The number of fused-ring (bicyclic) bond motifs is 1. The van der Waals surface area contributed by atoms with Gasteiger partial charge in [0.2, 0.25) is 0 Å². The number of hydrogen-bond donors (Lipinski definition) is 0. The number of nitrogens with zero attached hydrogens (tertiary/aromatic N) is 1. The van der Waals surface area contributed by atoms with Crippen LogP contribution in [0.3, 0.4) is 0 Å². The molecule has 18 heavy (non-hydrogen) atoms. The Morgan fingerprint density at radius 2 is 2.00 bits per heavy atom. The zero-order valence-electron chi connectivity index (χ0n) is 10.1. The molecule has 0 fully saturated rings. The van der Waals surface area contributed by atoms with Crippen molar-refractivity contribution in [3.05, 3.63) is 28.8 Å². The second kappa shape index (κ2) is 4.53. The molecule has 5 heteroatoms. The highest BCUT2D eigenvalue weighted by Gasteiger charge is 2.36. The Hall–Kier alpha value is -1.68. The summed E-state index contributed by atoms with van der Waals surface area (Å²) in [6.45, 7) is 3.44. The molecule has 1 aliphatic heterocycles. The number of carbonyl (C=O) groups excluding carboxylic acids is 3. The zero-order chi connectivity index (χ0) is 13.4. The number of Topliss-reactive ketones (excluding diaryl/α,β-unsaturated/α-hetero) is 2. The minimum absolute atomic E-state index is 0.0725. The topological polar surface area (TPSA) is 54.5 Å². The molecule has 0 unspecified atom stereocenters. The first kappa shape index (κ1) is 12.8. The van der Waals surface area contributed by atoms with Crippen molar-refractivity contribution in [2.24, 2.45) is 5.92 Å². The lowest BCUT2D eigenvalue weighted by molar-refractivity contribution is -0.122. The molecule has 1 aromatic rings. The highest BCUT2D eigenvalue weighted by atomic mass is 35.5. The first-order valence-electron chi connectivity index (χ1n) is 5.60. The van der Waals surface area contributed by atoms with E-state index in [0.717, 1.165) is 0 Å². The fraction of sp³-hybridized carbons (Fsp3) is 0.308. The van der Waals surface area contributed by atoms with Crippen molar-refractivity contribution in [3.8, 4) is 0 Å². The summed E-state index contributed by atoms with van der Waals surface area (Å²) in [4.78, 5) is 36.5. The average molecular weight is 266 g/mol. The van der Waals surface area contributed by atoms with Gasteiger partial charge in [-0.2, -0.15) is 0 Å². The van der Waals surface area contributed by atoms with Gasteiger partial charge in [0.15, 0.2) is 5.78 Å². The van der Waals surface area contributed by atoms with E-state index < -0.39 is 11.7 Å². The molecular formula is C13H12ClNO3. The molecule has 2 rings (SSSR count). The molecule has 1 amide bonds. The number of amides is 1. The molecule has 0 spiro atoms. The standard InChI is InChI=1S/C13H12ClNO3/c1-7(2)11(16)6-15-10-4-3-8(14)5-9(10)12(17)13(15)18/h3-5,7H,6H2,1-2H3. The highest BCUT2D eigenvalue weighted by molar-refractivity contribution is 6.53. The number of anilines is 1. The quantitative estimate of drug-likeness (QED) is 0.787. The first-order valence-corrected chi connectivity index (χ1v) is 5.98. The summed E-state index contributed by atoms with van der Waals surface area (Å²) < 4.78 is 0. The van der Waals surface area contributed by atoms with Crippen LogP contribution in [-0.4, -0.2) is 24.0 Å². The smallest absolute Gasteiger partial charge is 0.297 e. The summed E-state index contributed by atoms with van der Waals surface area (Å²) in [5, 5.41) is 0.395. The van der Waals surface area contributed by atoms with Crippen molar-refractivity contribution in [3.63, 3.8) is 0 Å². The zero-order valence-corrected chi connectivity index (χ0v) is 10.8. The fourth-order valence-electron chi connectivity index (χ4n) is 1.77. The van der Waals surface area contributed by atoms with Gasteiger partial charge in [0.25, 0.3) is 11.7 Å². The molecule has 0 aromatic heterocycles. The normalized spacial score (nSPS) is 14.3. The van der Waals surface area contributed by atoms with Gasteiger partial charge in [0.05, 0.1) is 17.8 Å². The first-order chi connectivity index (χ1) is 8.41. The van der Waals surface area contributed by atoms with Crippen molar-refractivity contribution >= 4 is 34.8 Å². The van der Waals surface area contributed by atoms with E-state index in [4.69, 9.17) is 11.6 Å². The number of hydrogen-bond acceptors (Lipinski definition) is 3. The Morgan fingerprint density at radius 3 is 2.61 bits per heavy atom. The lowest BCUT2D eigenvalue weighted by Gasteiger charge is -2.16. The lowest BCUT2D eigenvalue weighted by Crippen LogP contribution is -2.36. The molecule has 1 heterocycles. The number of rotatable bonds is 3. The third kappa shape index (κ3) is 2.04. The molecule has 0 atom stereocenters. The van der Waals surface area contributed by atoms with Gasteiger partial charge < -0.3 is 0 Å². The summed E-state index contributed by atoms with van der Waals surface area (Å²) in [6.07, 6.45) is 0. The van der Waals surface area contributed by atoms with E-state index in [1.54, 1.807) is 26.0 Å². The summed E-state index contributed by atoms with van der Waals surface area (Å²) in [7, 11) is 0. The summed E-state index contributed by atoms with van der Waals surface area (Å²) >= 11 is 5.79. The van der Waals surface area contributed by atoms with Crippen LogP contribution in [0.15, 0.2) is 18.2 Å².